The van der Waals surface area contributed by atoms with Gasteiger partial charge in [0.1, 0.15) is 11.9 Å². The van der Waals surface area contributed by atoms with Gasteiger partial charge in [-0.25, -0.2) is 4.98 Å². The van der Waals surface area contributed by atoms with Crippen molar-refractivity contribution < 1.29 is 19.1 Å². The molecule has 1 aliphatic heterocycles. The highest BCUT2D eigenvalue weighted by atomic mass is 16.5. The number of fused-ring (bicyclic) bond motifs is 2. The number of benzene rings is 1. The van der Waals surface area contributed by atoms with E-state index in [0.29, 0.717) is 35.8 Å². The van der Waals surface area contributed by atoms with Crippen molar-refractivity contribution >= 4 is 11.8 Å². The smallest absolute Gasteiger partial charge is 0.257 e. The lowest BCUT2D eigenvalue weighted by Crippen LogP contribution is -2.51. The van der Waals surface area contributed by atoms with Crippen molar-refractivity contribution in [3.05, 3.63) is 53.7 Å². The number of rotatable bonds is 3. The molecular weight excluding hydrogens is 442 g/mol. The third-order valence-electron chi connectivity index (χ3n) is 7.16. The number of hydrogen-bond acceptors (Lipinski definition) is 5. The van der Waals surface area contributed by atoms with Gasteiger partial charge in [-0.05, 0) is 57.2 Å². The van der Waals surface area contributed by atoms with E-state index < -0.39 is 0 Å². The number of methoxy groups -OCH3 is 1. The Balaban J connectivity index is 1.68. The fourth-order valence-electron chi connectivity index (χ4n) is 5.23. The Bertz CT molecular complexity index is 1010. The lowest BCUT2D eigenvalue weighted by atomic mass is 9.90. The van der Waals surface area contributed by atoms with Crippen molar-refractivity contribution in [2.24, 2.45) is 0 Å². The van der Waals surface area contributed by atoms with Gasteiger partial charge in [-0.1, -0.05) is 31.4 Å². The summed E-state index contributed by atoms with van der Waals surface area (Å²) in [6.07, 6.45) is 9.21. The van der Waals surface area contributed by atoms with Crippen LogP contribution in [-0.4, -0.2) is 65.5 Å². The van der Waals surface area contributed by atoms with Crippen LogP contribution in [0.5, 0.6) is 11.6 Å². The maximum atomic E-state index is 13.8. The van der Waals surface area contributed by atoms with Crippen molar-refractivity contribution in [1.29, 1.82) is 0 Å². The van der Waals surface area contributed by atoms with Gasteiger partial charge in [-0.2, -0.15) is 0 Å². The molecule has 2 heterocycles. The molecule has 35 heavy (non-hydrogen) atoms. The molecule has 0 saturated heterocycles. The minimum absolute atomic E-state index is 0.0141. The van der Waals surface area contributed by atoms with E-state index in [9.17, 15) is 9.59 Å². The van der Waals surface area contributed by atoms with E-state index in [1.807, 2.05) is 41.0 Å². The van der Waals surface area contributed by atoms with Crippen LogP contribution < -0.4 is 9.47 Å². The Hall–Kier alpha value is -3.09. The Morgan fingerprint density at radius 2 is 1.83 bits per heavy atom. The molecule has 1 aromatic heterocycles. The summed E-state index contributed by atoms with van der Waals surface area (Å²) in [5, 5.41) is 0. The zero-order chi connectivity index (χ0) is 24.6. The lowest BCUT2D eigenvalue weighted by molar-refractivity contribution is 0.0266. The van der Waals surface area contributed by atoms with Gasteiger partial charge < -0.3 is 19.3 Å². The summed E-state index contributed by atoms with van der Waals surface area (Å²) in [6.45, 7) is 4.12. The van der Waals surface area contributed by atoms with Gasteiger partial charge in [0.25, 0.3) is 11.8 Å². The fraction of sp³-hybridized carbons (Fsp3) is 0.536. The number of carbonyl (C=O) groups is 2. The molecule has 1 aromatic carbocycles. The highest BCUT2D eigenvalue weighted by Crippen LogP contribution is 2.31. The summed E-state index contributed by atoms with van der Waals surface area (Å²) in [5.74, 6) is 1.05. The predicted octanol–water partition coefficient (Wildman–Crippen LogP) is 4.96. The maximum absolute atomic E-state index is 13.8. The summed E-state index contributed by atoms with van der Waals surface area (Å²) >= 11 is 0. The second-order valence-corrected chi connectivity index (χ2v) is 9.39. The number of nitrogens with zero attached hydrogens (tertiary/aromatic N) is 3. The molecule has 2 amide bonds. The van der Waals surface area contributed by atoms with Crippen LogP contribution >= 0.6 is 0 Å². The molecule has 2 aliphatic rings. The zero-order valence-electron chi connectivity index (χ0n) is 20.9. The minimum atomic E-state index is -0.164. The van der Waals surface area contributed by atoms with E-state index in [2.05, 4.69) is 4.98 Å². The normalized spacial score (nSPS) is 21.8. The molecule has 188 valence electrons. The largest absolute Gasteiger partial charge is 0.487 e. The molecule has 0 unspecified atom stereocenters. The number of pyridine rings is 1. The van der Waals surface area contributed by atoms with Crippen molar-refractivity contribution in [1.82, 2.24) is 14.8 Å². The van der Waals surface area contributed by atoms with Crippen LogP contribution in [0.1, 0.15) is 79.0 Å². The Kier molecular flexibility index (Phi) is 8.61. The van der Waals surface area contributed by atoms with Crippen LogP contribution in [0.25, 0.3) is 0 Å². The topological polar surface area (TPSA) is 72.0 Å². The first-order chi connectivity index (χ1) is 17.1. The van der Waals surface area contributed by atoms with E-state index in [4.69, 9.17) is 9.47 Å². The van der Waals surface area contributed by atoms with E-state index in [0.717, 1.165) is 57.9 Å². The van der Waals surface area contributed by atoms with Gasteiger partial charge in [0.2, 0.25) is 5.88 Å². The van der Waals surface area contributed by atoms with Gasteiger partial charge in [0.15, 0.2) is 0 Å². The first kappa shape index (κ1) is 25.0. The molecule has 0 spiro atoms. The van der Waals surface area contributed by atoms with Crippen LogP contribution in [-0.2, 0) is 0 Å². The van der Waals surface area contributed by atoms with Gasteiger partial charge in [0.05, 0.1) is 18.7 Å². The molecule has 2 aromatic rings. The predicted molar refractivity (Wildman–Crippen MR) is 135 cm³/mol. The van der Waals surface area contributed by atoms with Gasteiger partial charge >= 0.3 is 0 Å². The van der Waals surface area contributed by atoms with E-state index in [-0.39, 0.29) is 24.0 Å². The number of hydrogen-bond donors (Lipinski definition) is 0. The van der Waals surface area contributed by atoms with E-state index in [1.165, 1.54) is 0 Å². The van der Waals surface area contributed by atoms with Gasteiger partial charge in [0, 0.05) is 37.5 Å². The van der Waals surface area contributed by atoms with Crippen molar-refractivity contribution in [2.75, 3.05) is 26.7 Å². The summed E-state index contributed by atoms with van der Waals surface area (Å²) < 4.78 is 11.9. The number of aromatic nitrogens is 1. The van der Waals surface area contributed by atoms with Gasteiger partial charge in [-0.3, -0.25) is 9.59 Å². The Morgan fingerprint density at radius 1 is 1.06 bits per heavy atom. The SMILES string of the molecule is CCN1CCCCCCN(C(=O)c2ccnc(OC)c2)[C@@H]2CCCC[C@@H]2Oc2ccccc2C1=O. The molecule has 7 heteroatoms. The highest BCUT2D eigenvalue weighted by Gasteiger charge is 2.35. The molecule has 0 bridgehead atoms. The number of carbonyl (C=O) groups excluding carboxylic acids is 2. The second kappa shape index (κ2) is 12.0. The van der Waals surface area contributed by atoms with Crippen LogP contribution in [0.3, 0.4) is 0 Å². The number of amides is 2. The molecule has 2 atom stereocenters. The van der Waals surface area contributed by atoms with Crippen molar-refractivity contribution in [3.8, 4) is 11.6 Å². The fourth-order valence-corrected chi connectivity index (χ4v) is 5.23. The summed E-state index contributed by atoms with van der Waals surface area (Å²) in [7, 11) is 1.56. The third kappa shape index (κ3) is 5.95. The van der Waals surface area contributed by atoms with Crippen LogP contribution in [0.4, 0.5) is 0 Å². The monoisotopic (exact) mass is 479 g/mol. The first-order valence-electron chi connectivity index (χ1n) is 13.0. The molecular formula is C28H37N3O4. The average Bonchev–Trinajstić information content (AvgIpc) is 2.90. The molecule has 1 saturated carbocycles. The molecule has 0 N–H and O–H groups in total. The van der Waals surface area contributed by atoms with Crippen molar-refractivity contribution in [3.63, 3.8) is 0 Å². The summed E-state index contributed by atoms with van der Waals surface area (Å²) in [4.78, 5) is 35.2. The van der Waals surface area contributed by atoms with Gasteiger partial charge in [-0.15, -0.1) is 0 Å². The summed E-state index contributed by atoms with van der Waals surface area (Å²) in [6, 6.07) is 11.0. The molecule has 1 fully saturated rings. The standard InChI is InChI=1S/C28H37N3O4/c1-3-30-18-10-4-5-11-19-31(27(32)21-16-17-29-26(20-21)34-2)23-13-7-9-15-25(23)35-24-14-8-6-12-22(24)28(30)33/h6,8,12,14,16-17,20,23,25H,3-5,7,9-11,13,15,18-19H2,1-2H3/t23-,25+/m1/s1. The Morgan fingerprint density at radius 3 is 2.63 bits per heavy atom. The number of ether oxygens (including phenoxy) is 2. The third-order valence-corrected chi connectivity index (χ3v) is 7.16. The molecule has 7 nitrogen and oxygen atoms in total. The average molecular weight is 480 g/mol. The zero-order valence-corrected chi connectivity index (χ0v) is 20.9. The van der Waals surface area contributed by atoms with Crippen LogP contribution in [0, 0.1) is 0 Å². The summed E-state index contributed by atoms with van der Waals surface area (Å²) in [5.41, 5.74) is 1.18. The minimum Gasteiger partial charge on any atom is -0.487 e. The van der Waals surface area contributed by atoms with E-state index in [1.54, 1.807) is 25.4 Å². The maximum Gasteiger partial charge on any atom is 0.257 e. The first-order valence-corrected chi connectivity index (χ1v) is 13.0. The van der Waals surface area contributed by atoms with Crippen LogP contribution in [0.2, 0.25) is 0 Å². The van der Waals surface area contributed by atoms with E-state index >= 15 is 0 Å². The number of para-hydroxylation sites is 1. The molecule has 4 rings (SSSR count). The Labute approximate surface area is 208 Å². The highest BCUT2D eigenvalue weighted by molar-refractivity contribution is 5.97. The molecule has 0 radical (unpaired) electrons. The van der Waals surface area contributed by atoms with Crippen molar-refractivity contribution in [2.45, 2.75) is 70.4 Å². The molecule has 1 aliphatic carbocycles. The second-order valence-electron chi connectivity index (χ2n) is 9.39. The lowest BCUT2D eigenvalue weighted by Gasteiger charge is -2.40. The van der Waals surface area contributed by atoms with Crippen LogP contribution in [0.15, 0.2) is 42.6 Å². The quantitative estimate of drug-likeness (QED) is 0.622.